The molecule has 5 heteroatoms. The SMILES string of the molecule is Cc1ncnc(NCCCN2CC(C)OC(C)C2)c1C. The van der Waals surface area contributed by atoms with Crippen LogP contribution < -0.4 is 5.32 Å². The maximum absolute atomic E-state index is 5.75. The molecule has 1 aromatic rings. The van der Waals surface area contributed by atoms with Crippen LogP contribution in [0.3, 0.4) is 0 Å². The molecular weight excluding hydrogens is 252 g/mol. The van der Waals surface area contributed by atoms with Crippen molar-refractivity contribution in [1.82, 2.24) is 14.9 Å². The number of ether oxygens (including phenoxy) is 1. The van der Waals surface area contributed by atoms with Crippen molar-refractivity contribution in [3.8, 4) is 0 Å². The minimum Gasteiger partial charge on any atom is -0.373 e. The zero-order chi connectivity index (χ0) is 14.5. The van der Waals surface area contributed by atoms with Gasteiger partial charge >= 0.3 is 0 Å². The second-order valence-corrected chi connectivity index (χ2v) is 5.73. The van der Waals surface area contributed by atoms with Gasteiger partial charge in [-0.25, -0.2) is 9.97 Å². The monoisotopic (exact) mass is 278 g/mol. The first-order valence-electron chi connectivity index (χ1n) is 7.46. The largest absolute Gasteiger partial charge is 0.373 e. The Hall–Kier alpha value is -1.20. The number of hydrogen-bond donors (Lipinski definition) is 1. The lowest BCUT2D eigenvalue weighted by Crippen LogP contribution is -2.45. The highest BCUT2D eigenvalue weighted by Gasteiger charge is 2.21. The smallest absolute Gasteiger partial charge is 0.132 e. The molecule has 0 spiro atoms. The molecule has 2 atom stereocenters. The number of hydrogen-bond acceptors (Lipinski definition) is 5. The number of nitrogens with one attached hydrogen (secondary N) is 1. The first-order valence-corrected chi connectivity index (χ1v) is 7.46. The van der Waals surface area contributed by atoms with Crippen molar-refractivity contribution in [2.75, 3.05) is 31.5 Å². The van der Waals surface area contributed by atoms with Crippen LogP contribution in [0.25, 0.3) is 0 Å². The third-order valence-electron chi connectivity index (χ3n) is 3.77. The topological polar surface area (TPSA) is 50.3 Å². The van der Waals surface area contributed by atoms with E-state index >= 15 is 0 Å². The lowest BCUT2D eigenvalue weighted by molar-refractivity contribution is -0.0678. The van der Waals surface area contributed by atoms with E-state index in [4.69, 9.17) is 4.74 Å². The maximum atomic E-state index is 5.75. The van der Waals surface area contributed by atoms with Crippen molar-refractivity contribution in [2.24, 2.45) is 0 Å². The highest BCUT2D eigenvalue weighted by molar-refractivity contribution is 5.44. The highest BCUT2D eigenvalue weighted by Crippen LogP contribution is 2.13. The summed E-state index contributed by atoms with van der Waals surface area (Å²) in [5.74, 6) is 0.959. The number of aryl methyl sites for hydroxylation is 1. The summed E-state index contributed by atoms with van der Waals surface area (Å²) in [4.78, 5) is 11.0. The van der Waals surface area contributed by atoms with Crippen molar-refractivity contribution in [2.45, 2.75) is 46.3 Å². The van der Waals surface area contributed by atoms with Gasteiger partial charge in [-0.05, 0) is 34.1 Å². The first kappa shape index (κ1) is 15.2. The number of morpholine rings is 1. The molecule has 1 saturated heterocycles. The molecule has 5 nitrogen and oxygen atoms in total. The Labute approximate surface area is 121 Å². The highest BCUT2D eigenvalue weighted by atomic mass is 16.5. The zero-order valence-corrected chi connectivity index (χ0v) is 13.0. The summed E-state index contributed by atoms with van der Waals surface area (Å²) in [6.07, 6.45) is 3.43. The lowest BCUT2D eigenvalue weighted by Gasteiger charge is -2.35. The van der Waals surface area contributed by atoms with Crippen molar-refractivity contribution < 1.29 is 4.74 Å². The molecule has 20 heavy (non-hydrogen) atoms. The fourth-order valence-corrected chi connectivity index (χ4v) is 2.69. The van der Waals surface area contributed by atoms with E-state index in [9.17, 15) is 0 Å². The Morgan fingerprint density at radius 1 is 1.25 bits per heavy atom. The van der Waals surface area contributed by atoms with Crippen LogP contribution in [0.2, 0.25) is 0 Å². The fraction of sp³-hybridized carbons (Fsp3) is 0.733. The molecule has 0 bridgehead atoms. The van der Waals surface area contributed by atoms with Crippen LogP contribution >= 0.6 is 0 Å². The summed E-state index contributed by atoms with van der Waals surface area (Å²) in [6, 6.07) is 0. The van der Waals surface area contributed by atoms with Gasteiger partial charge in [0.1, 0.15) is 12.1 Å². The summed E-state index contributed by atoms with van der Waals surface area (Å²) in [5, 5.41) is 3.41. The number of rotatable bonds is 5. The Morgan fingerprint density at radius 2 is 1.95 bits per heavy atom. The van der Waals surface area contributed by atoms with Crippen LogP contribution in [0.1, 0.15) is 31.5 Å². The number of aromatic nitrogens is 2. The predicted molar refractivity (Wildman–Crippen MR) is 81.1 cm³/mol. The average Bonchev–Trinajstić information content (AvgIpc) is 2.38. The predicted octanol–water partition coefficient (Wildman–Crippen LogP) is 2.00. The quantitative estimate of drug-likeness (QED) is 0.835. The standard InChI is InChI=1S/C15H26N4O/c1-11-8-19(9-12(2)20-11)7-5-6-16-15-13(3)14(4)17-10-18-15/h10-12H,5-9H2,1-4H3,(H,16,17,18). The van der Waals surface area contributed by atoms with Crippen LogP contribution in [0.5, 0.6) is 0 Å². The molecule has 1 fully saturated rings. The van der Waals surface area contributed by atoms with Gasteiger partial charge in [0.2, 0.25) is 0 Å². The van der Waals surface area contributed by atoms with Gasteiger partial charge < -0.3 is 10.1 Å². The van der Waals surface area contributed by atoms with E-state index in [2.05, 4.69) is 41.0 Å². The van der Waals surface area contributed by atoms with Gasteiger partial charge in [-0.3, -0.25) is 4.90 Å². The van der Waals surface area contributed by atoms with Crippen LogP contribution in [0, 0.1) is 13.8 Å². The number of nitrogens with zero attached hydrogens (tertiary/aromatic N) is 3. The lowest BCUT2D eigenvalue weighted by atomic mass is 10.2. The van der Waals surface area contributed by atoms with Gasteiger partial charge in [-0.2, -0.15) is 0 Å². The summed E-state index contributed by atoms with van der Waals surface area (Å²) < 4.78 is 5.75. The molecule has 1 N–H and O–H groups in total. The van der Waals surface area contributed by atoms with E-state index < -0.39 is 0 Å². The summed E-state index contributed by atoms with van der Waals surface area (Å²) in [7, 11) is 0. The molecule has 2 heterocycles. The van der Waals surface area contributed by atoms with E-state index in [0.29, 0.717) is 12.2 Å². The molecule has 112 valence electrons. The summed E-state index contributed by atoms with van der Waals surface area (Å²) in [6.45, 7) is 12.5. The van der Waals surface area contributed by atoms with Gasteiger partial charge in [0.05, 0.1) is 12.2 Å². The normalized spacial score (nSPS) is 23.8. The van der Waals surface area contributed by atoms with E-state index in [1.54, 1.807) is 6.33 Å². The van der Waals surface area contributed by atoms with Gasteiger partial charge in [0.15, 0.2) is 0 Å². The van der Waals surface area contributed by atoms with E-state index in [1.807, 2.05) is 6.92 Å². The molecule has 0 aromatic carbocycles. The molecule has 0 saturated carbocycles. The zero-order valence-electron chi connectivity index (χ0n) is 13.0. The second kappa shape index (κ2) is 6.99. The fourth-order valence-electron chi connectivity index (χ4n) is 2.69. The van der Waals surface area contributed by atoms with Crippen LogP contribution in [0.15, 0.2) is 6.33 Å². The number of anilines is 1. The van der Waals surface area contributed by atoms with Crippen molar-refractivity contribution >= 4 is 5.82 Å². The van der Waals surface area contributed by atoms with Gasteiger partial charge in [0.25, 0.3) is 0 Å². The Kier molecular flexibility index (Phi) is 5.31. The molecule has 2 unspecified atom stereocenters. The molecule has 0 radical (unpaired) electrons. The van der Waals surface area contributed by atoms with Crippen LogP contribution in [0.4, 0.5) is 5.82 Å². The van der Waals surface area contributed by atoms with E-state index in [1.165, 1.54) is 0 Å². The van der Waals surface area contributed by atoms with Crippen molar-refractivity contribution in [3.63, 3.8) is 0 Å². The molecule has 0 amide bonds. The van der Waals surface area contributed by atoms with Crippen LogP contribution in [-0.4, -0.2) is 53.3 Å². The molecule has 2 rings (SSSR count). The average molecular weight is 278 g/mol. The first-order chi connectivity index (χ1) is 9.56. The van der Waals surface area contributed by atoms with Gasteiger partial charge in [-0.1, -0.05) is 0 Å². The van der Waals surface area contributed by atoms with Gasteiger partial charge in [-0.15, -0.1) is 0 Å². The minimum atomic E-state index is 0.346. The summed E-state index contributed by atoms with van der Waals surface area (Å²) >= 11 is 0. The Morgan fingerprint density at radius 3 is 2.65 bits per heavy atom. The van der Waals surface area contributed by atoms with Crippen molar-refractivity contribution in [3.05, 3.63) is 17.6 Å². The second-order valence-electron chi connectivity index (χ2n) is 5.73. The Balaban J connectivity index is 1.72. The van der Waals surface area contributed by atoms with Gasteiger partial charge in [0, 0.05) is 37.4 Å². The molecule has 1 aromatic heterocycles. The molecule has 1 aliphatic heterocycles. The minimum absolute atomic E-state index is 0.346. The van der Waals surface area contributed by atoms with E-state index in [-0.39, 0.29) is 0 Å². The third-order valence-corrected chi connectivity index (χ3v) is 3.77. The molecule has 0 aliphatic carbocycles. The molecule has 1 aliphatic rings. The van der Waals surface area contributed by atoms with Crippen molar-refractivity contribution in [1.29, 1.82) is 0 Å². The van der Waals surface area contributed by atoms with E-state index in [0.717, 1.165) is 49.7 Å². The Bertz CT molecular complexity index is 428. The molecular formula is C15H26N4O. The van der Waals surface area contributed by atoms with Crippen LogP contribution in [-0.2, 0) is 4.74 Å². The summed E-state index contributed by atoms with van der Waals surface area (Å²) in [5.41, 5.74) is 2.18. The third kappa shape index (κ3) is 4.15. The maximum Gasteiger partial charge on any atom is 0.132 e.